The number of para-hydroxylation sites is 2. The Labute approximate surface area is 169 Å². The molecule has 0 fully saturated rings. The van der Waals surface area contributed by atoms with E-state index in [9.17, 15) is 0 Å². The number of anilines is 3. The van der Waals surface area contributed by atoms with E-state index in [0.29, 0.717) is 18.2 Å². The molecule has 0 aliphatic carbocycles. The maximum absolute atomic E-state index is 5.44. The van der Waals surface area contributed by atoms with Gasteiger partial charge in [0.05, 0.1) is 12.8 Å². The summed E-state index contributed by atoms with van der Waals surface area (Å²) in [5.74, 6) is 2.80. The highest BCUT2D eigenvalue weighted by atomic mass is 16.5. The van der Waals surface area contributed by atoms with Gasteiger partial charge in [0.2, 0.25) is 0 Å². The molecule has 2 N–H and O–H groups in total. The van der Waals surface area contributed by atoms with Gasteiger partial charge in [0, 0.05) is 30.6 Å². The van der Waals surface area contributed by atoms with E-state index in [1.165, 1.54) is 0 Å². The van der Waals surface area contributed by atoms with E-state index in [1.54, 1.807) is 19.5 Å². The van der Waals surface area contributed by atoms with Crippen LogP contribution >= 0.6 is 0 Å². The molecule has 2 aromatic carbocycles. The minimum Gasteiger partial charge on any atom is -0.495 e. The summed E-state index contributed by atoms with van der Waals surface area (Å²) >= 11 is 0. The van der Waals surface area contributed by atoms with Crippen LogP contribution in [0, 0.1) is 0 Å². The third-order valence-electron chi connectivity index (χ3n) is 4.35. The first kappa shape index (κ1) is 18.4. The van der Waals surface area contributed by atoms with Crippen molar-refractivity contribution in [1.29, 1.82) is 0 Å². The highest BCUT2D eigenvalue weighted by molar-refractivity contribution is 5.68. The summed E-state index contributed by atoms with van der Waals surface area (Å²) in [6.07, 6.45) is 3.56. The number of hydrogen-bond acceptors (Lipinski definition) is 6. The molecular weight excluding hydrogens is 362 g/mol. The third-order valence-corrected chi connectivity index (χ3v) is 4.35. The molecule has 0 atom stereocenters. The highest BCUT2D eigenvalue weighted by Gasteiger charge is 2.09. The van der Waals surface area contributed by atoms with E-state index in [0.717, 1.165) is 28.4 Å². The van der Waals surface area contributed by atoms with Gasteiger partial charge in [-0.05, 0) is 29.8 Å². The lowest BCUT2D eigenvalue weighted by atomic mass is 10.2. The molecule has 0 aliphatic heterocycles. The fraction of sp³-hybridized carbons (Fsp3) is 0.0870. The van der Waals surface area contributed by atoms with Crippen molar-refractivity contribution in [1.82, 2.24) is 15.0 Å². The zero-order valence-corrected chi connectivity index (χ0v) is 16.0. The summed E-state index contributed by atoms with van der Waals surface area (Å²) in [6.45, 7) is 0.641. The number of ether oxygens (including phenoxy) is 1. The number of aromatic nitrogens is 3. The van der Waals surface area contributed by atoms with Gasteiger partial charge in [-0.15, -0.1) is 0 Å². The second-order valence-corrected chi connectivity index (χ2v) is 6.36. The van der Waals surface area contributed by atoms with Crippen LogP contribution in [-0.4, -0.2) is 22.1 Å². The van der Waals surface area contributed by atoms with Gasteiger partial charge in [-0.25, -0.2) is 9.97 Å². The van der Waals surface area contributed by atoms with Crippen LogP contribution in [0.5, 0.6) is 5.75 Å². The third kappa shape index (κ3) is 4.68. The first-order valence-corrected chi connectivity index (χ1v) is 9.29. The predicted molar refractivity (Wildman–Crippen MR) is 115 cm³/mol. The number of benzene rings is 2. The van der Waals surface area contributed by atoms with E-state index >= 15 is 0 Å². The Morgan fingerprint density at radius 2 is 1.55 bits per heavy atom. The van der Waals surface area contributed by atoms with Crippen molar-refractivity contribution in [3.05, 3.63) is 90.8 Å². The lowest BCUT2D eigenvalue weighted by molar-refractivity contribution is 0.417. The van der Waals surface area contributed by atoms with Crippen LogP contribution in [0.15, 0.2) is 85.2 Å². The Morgan fingerprint density at radius 1 is 0.828 bits per heavy atom. The lowest BCUT2D eigenvalue weighted by Crippen LogP contribution is -2.05. The largest absolute Gasteiger partial charge is 0.495 e. The van der Waals surface area contributed by atoms with Crippen molar-refractivity contribution < 1.29 is 4.74 Å². The van der Waals surface area contributed by atoms with E-state index in [4.69, 9.17) is 14.7 Å². The molecule has 4 aromatic rings. The van der Waals surface area contributed by atoms with Crippen LogP contribution in [0.2, 0.25) is 0 Å². The van der Waals surface area contributed by atoms with Gasteiger partial charge >= 0.3 is 0 Å². The van der Waals surface area contributed by atoms with Crippen molar-refractivity contribution in [2.75, 3.05) is 17.7 Å². The highest BCUT2D eigenvalue weighted by Crippen LogP contribution is 2.28. The molecule has 0 saturated carbocycles. The lowest BCUT2D eigenvalue weighted by Gasteiger charge is -2.13. The van der Waals surface area contributed by atoms with Gasteiger partial charge < -0.3 is 15.4 Å². The summed E-state index contributed by atoms with van der Waals surface area (Å²) in [4.78, 5) is 13.5. The molecular formula is C23H21N5O. The minimum absolute atomic E-state index is 0.641. The number of methoxy groups -OCH3 is 1. The van der Waals surface area contributed by atoms with Crippen molar-refractivity contribution >= 4 is 17.3 Å². The molecule has 0 saturated heterocycles. The molecule has 0 radical (unpaired) electrons. The summed E-state index contributed by atoms with van der Waals surface area (Å²) in [5.41, 5.74) is 2.91. The van der Waals surface area contributed by atoms with Crippen LogP contribution < -0.4 is 15.4 Å². The minimum atomic E-state index is 0.641. The van der Waals surface area contributed by atoms with Gasteiger partial charge in [-0.2, -0.15) is 0 Å². The number of rotatable bonds is 7. The Kier molecular flexibility index (Phi) is 5.62. The Hall–Kier alpha value is -3.93. The van der Waals surface area contributed by atoms with E-state index in [-0.39, 0.29) is 0 Å². The van der Waals surface area contributed by atoms with Gasteiger partial charge in [-0.1, -0.05) is 42.5 Å². The average molecular weight is 383 g/mol. The van der Waals surface area contributed by atoms with Crippen molar-refractivity contribution in [2.24, 2.45) is 0 Å². The summed E-state index contributed by atoms with van der Waals surface area (Å²) in [5, 5.41) is 6.72. The van der Waals surface area contributed by atoms with Gasteiger partial charge in [0.1, 0.15) is 17.4 Å². The normalized spacial score (nSPS) is 10.4. The van der Waals surface area contributed by atoms with Crippen LogP contribution in [0.4, 0.5) is 17.3 Å². The fourth-order valence-corrected chi connectivity index (χ4v) is 2.90. The second-order valence-electron chi connectivity index (χ2n) is 6.36. The van der Waals surface area contributed by atoms with Crippen molar-refractivity contribution in [3.8, 4) is 17.1 Å². The smallest absolute Gasteiger partial charge is 0.163 e. The maximum Gasteiger partial charge on any atom is 0.163 e. The molecule has 144 valence electrons. The van der Waals surface area contributed by atoms with Crippen LogP contribution in [0.25, 0.3) is 11.4 Å². The monoisotopic (exact) mass is 383 g/mol. The van der Waals surface area contributed by atoms with E-state index in [1.807, 2.05) is 72.8 Å². The van der Waals surface area contributed by atoms with Crippen molar-refractivity contribution in [2.45, 2.75) is 6.54 Å². The van der Waals surface area contributed by atoms with Gasteiger partial charge in [0.25, 0.3) is 0 Å². The van der Waals surface area contributed by atoms with E-state index in [2.05, 4.69) is 15.6 Å². The standard InChI is InChI=1S/C23H21N5O/c1-29-20-10-6-5-9-19(20)26-22-15-21(25-16-17-11-13-24-14-12-17)27-23(28-22)18-7-3-2-4-8-18/h2-15H,16H2,1H3,(H2,25,26,27,28). The molecule has 2 aromatic heterocycles. The molecule has 0 amide bonds. The zero-order chi connectivity index (χ0) is 19.9. The molecule has 0 spiro atoms. The topological polar surface area (TPSA) is 72.0 Å². The number of pyridine rings is 1. The first-order chi connectivity index (χ1) is 14.3. The zero-order valence-electron chi connectivity index (χ0n) is 16.0. The molecule has 4 rings (SSSR count). The predicted octanol–water partition coefficient (Wildman–Crippen LogP) is 4.90. The maximum atomic E-state index is 5.44. The first-order valence-electron chi connectivity index (χ1n) is 9.29. The van der Waals surface area contributed by atoms with Crippen LogP contribution in [-0.2, 0) is 6.54 Å². The Balaban J connectivity index is 1.66. The fourth-order valence-electron chi connectivity index (χ4n) is 2.90. The van der Waals surface area contributed by atoms with Crippen LogP contribution in [0.1, 0.15) is 5.56 Å². The quantitative estimate of drug-likeness (QED) is 0.473. The van der Waals surface area contributed by atoms with Gasteiger partial charge in [0.15, 0.2) is 5.82 Å². The molecule has 0 aliphatic rings. The molecule has 0 unspecified atom stereocenters. The molecule has 6 nitrogen and oxygen atoms in total. The van der Waals surface area contributed by atoms with Gasteiger partial charge in [-0.3, -0.25) is 4.98 Å². The molecule has 0 bridgehead atoms. The molecule has 6 heteroatoms. The Bertz CT molecular complexity index is 1070. The SMILES string of the molecule is COc1ccccc1Nc1cc(NCc2ccncc2)nc(-c2ccccc2)n1. The summed E-state index contributed by atoms with van der Waals surface area (Å²) in [7, 11) is 1.65. The molecule has 29 heavy (non-hydrogen) atoms. The number of hydrogen-bond donors (Lipinski definition) is 2. The van der Waals surface area contributed by atoms with E-state index < -0.39 is 0 Å². The number of nitrogens with zero attached hydrogens (tertiary/aromatic N) is 3. The van der Waals surface area contributed by atoms with Crippen LogP contribution in [0.3, 0.4) is 0 Å². The number of nitrogens with one attached hydrogen (secondary N) is 2. The molecule has 2 heterocycles. The summed E-state index contributed by atoms with van der Waals surface area (Å²) < 4.78 is 5.44. The second kappa shape index (κ2) is 8.84. The van der Waals surface area contributed by atoms with Crippen molar-refractivity contribution in [3.63, 3.8) is 0 Å². The summed E-state index contributed by atoms with van der Waals surface area (Å²) in [6, 6.07) is 23.5. The average Bonchev–Trinajstić information content (AvgIpc) is 2.79. The Morgan fingerprint density at radius 3 is 2.34 bits per heavy atom.